The van der Waals surface area contributed by atoms with Gasteiger partial charge in [0.1, 0.15) is 40.7 Å². The van der Waals surface area contributed by atoms with Crippen LogP contribution in [0.15, 0.2) is 83.5 Å². The summed E-state index contributed by atoms with van der Waals surface area (Å²) in [5.74, 6) is -2.14. The molecule has 0 unspecified atom stereocenters. The summed E-state index contributed by atoms with van der Waals surface area (Å²) in [5, 5.41) is 19.1. The second kappa shape index (κ2) is 27.8. The number of amides is 6. The first kappa shape index (κ1) is 64.6. The molecule has 4 aliphatic heterocycles. The Morgan fingerprint density at radius 3 is 2.52 bits per heavy atom. The minimum Gasteiger partial charge on any atom is -0.495 e. The number of aliphatic hydroxyl groups is 1. The van der Waals surface area contributed by atoms with Crippen molar-refractivity contribution in [1.82, 2.24) is 20.5 Å². The number of unbranched alkanes of at least 4 members (excludes halogenated alkanes) is 2. The van der Waals surface area contributed by atoms with Crippen molar-refractivity contribution in [2.75, 3.05) is 45.5 Å². The van der Waals surface area contributed by atoms with Crippen molar-refractivity contribution in [3.8, 4) is 5.75 Å². The highest BCUT2D eigenvalue weighted by atomic mass is 35.5. The summed E-state index contributed by atoms with van der Waals surface area (Å²) in [7, 11) is 8.90. The average molecular weight is 1200 g/mol. The van der Waals surface area contributed by atoms with Crippen LogP contribution in [0.5, 0.6) is 5.75 Å². The number of esters is 1. The van der Waals surface area contributed by atoms with Gasteiger partial charge < -0.3 is 38.6 Å². The van der Waals surface area contributed by atoms with Gasteiger partial charge in [-0.15, -0.1) is 0 Å². The maximum atomic E-state index is 14.4. The van der Waals surface area contributed by atoms with Gasteiger partial charge in [-0.05, 0) is 108 Å². The van der Waals surface area contributed by atoms with Crippen molar-refractivity contribution in [2.45, 2.75) is 165 Å². The molecule has 4 heterocycles. The Balaban J connectivity index is 0.912. The van der Waals surface area contributed by atoms with Gasteiger partial charge in [0.25, 0.3) is 11.8 Å². The molecule has 5 aliphatic rings. The zero-order valence-corrected chi connectivity index (χ0v) is 51.6. The molecular formula is C61H79ClN6O13S2. The highest BCUT2D eigenvalue weighted by molar-refractivity contribution is 8.77. The smallest absolute Gasteiger partial charge is 0.409 e. The molecule has 2 fully saturated rings. The Morgan fingerprint density at radius 1 is 1.07 bits per heavy atom. The number of benzene rings is 2. The Morgan fingerprint density at radius 2 is 1.81 bits per heavy atom. The number of nitrogens with zero attached hydrogens (tertiary/aromatic N) is 4. The number of nitrogens with one attached hydrogen (secondary N) is 2. The van der Waals surface area contributed by atoms with Crippen molar-refractivity contribution in [2.24, 2.45) is 11.0 Å². The van der Waals surface area contributed by atoms with Crippen molar-refractivity contribution < 1.29 is 62.4 Å². The number of rotatable bonds is 21. The maximum absolute atomic E-state index is 14.4. The molecule has 0 aromatic heterocycles. The second-order valence-corrected chi connectivity index (χ2v) is 26.5. The number of ether oxygens (including phenoxy) is 5. The number of hydrazone groups is 1. The number of hydrogen-bond donors (Lipinski definition) is 3. The lowest BCUT2D eigenvalue weighted by Gasteiger charge is -2.42. The number of carbonyl (C=O) groups excluding carboxylic acids is 7. The van der Waals surface area contributed by atoms with Gasteiger partial charge in [-0.3, -0.25) is 34.2 Å². The monoisotopic (exact) mass is 1200 g/mol. The Labute approximate surface area is 499 Å². The van der Waals surface area contributed by atoms with Crippen LogP contribution in [0.2, 0.25) is 5.02 Å². The molecule has 0 saturated carbocycles. The number of epoxide rings is 1. The van der Waals surface area contributed by atoms with Crippen LogP contribution in [0.3, 0.4) is 0 Å². The topological polar surface area (TPSA) is 235 Å². The van der Waals surface area contributed by atoms with Gasteiger partial charge in [0.05, 0.1) is 31.0 Å². The van der Waals surface area contributed by atoms with Crippen LogP contribution < -0.4 is 20.4 Å². The summed E-state index contributed by atoms with van der Waals surface area (Å²) in [6.07, 6.45) is 9.16. The van der Waals surface area contributed by atoms with Crippen LogP contribution in [0.4, 0.5) is 10.5 Å². The fourth-order valence-electron chi connectivity index (χ4n) is 10.9. The number of aryl methyl sites for hydroxylation is 1. The quantitative estimate of drug-likeness (QED) is 0.0202. The number of imide groups is 1. The third-order valence-corrected chi connectivity index (χ3v) is 19.7. The lowest BCUT2D eigenvalue weighted by atomic mass is 9.83. The van der Waals surface area contributed by atoms with E-state index in [1.54, 1.807) is 52.1 Å². The fourth-order valence-corrected chi connectivity index (χ4v) is 13.7. The third kappa shape index (κ3) is 16.3. The molecule has 2 aromatic carbocycles. The summed E-state index contributed by atoms with van der Waals surface area (Å²) in [4.78, 5) is 96.0. The highest BCUT2D eigenvalue weighted by Gasteiger charge is 2.64. The van der Waals surface area contributed by atoms with Crippen LogP contribution in [-0.2, 0) is 67.0 Å². The van der Waals surface area contributed by atoms with Crippen molar-refractivity contribution >= 4 is 86.2 Å². The average Bonchev–Trinajstić information content (AvgIpc) is 3.90. The molecule has 0 spiro atoms. The summed E-state index contributed by atoms with van der Waals surface area (Å²) in [5.41, 5.74) is 6.96. The van der Waals surface area contributed by atoms with Crippen molar-refractivity contribution in [3.63, 3.8) is 0 Å². The standard InChI is InChI=1S/C61H79ClN6O13S2/c1-36(16-13-12-14-26-68-52(71)23-24-53(68)72)28-40-19-21-43-42(30-40)20-22-44(43)64-65-50(69)35-59(5,6)83-82-27-25-51(70)66(8)39(4)57(74)80-49-33-54(73)67(9)45-31-41(32-46(77-10)55(45)62)29-37(2)17-15-18-48(78-11)61(76)34-47(79-58(75)63-61)38(3)56-60(49,7)81-56/h15,17-19,21,23-24,30-32,38-39,47-49,56,76H,1,12-14,16,20,22,25-29,33-35H2,2-11H3,(H,63,75)(H,65,69)/b18-15+,37-17+,64-44-/t38-,39+,47+,48-,49+,56+,60+,61+/m1/s1. The molecule has 1 aliphatic carbocycles. The lowest BCUT2D eigenvalue weighted by Crippen LogP contribution is -2.63. The molecule has 8 atom stereocenters. The van der Waals surface area contributed by atoms with Gasteiger partial charge in [0.15, 0.2) is 5.72 Å². The number of alkyl carbamates (subject to hydrolysis) is 1. The van der Waals surface area contributed by atoms with Crippen molar-refractivity contribution in [3.05, 3.63) is 106 Å². The van der Waals surface area contributed by atoms with Gasteiger partial charge in [-0.1, -0.05) is 101 Å². The van der Waals surface area contributed by atoms with Gasteiger partial charge >= 0.3 is 12.1 Å². The first-order valence-electron chi connectivity index (χ1n) is 28.1. The van der Waals surface area contributed by atoms with Gasteiger partial charge in [-0.25, -0.2) is 15.0 Å². The number of allylic oxidation sites excluding steroid dienone is 4. The lowest BCUT2D eigenvalue weighted by molar-refractivity contribution is -0.162. The Bertz CT molecular complexity index is 2950. The van der Waals surface area contributed by atoms with Gasteiger partial charge in [0, 0.05) is 81.1 Å². The van der Waals surface area contributed by atoms with Crippen LogP contribution in [-0.4, -0.2) is 149 Å². The molecule has 0 radical (unpaired) electrons. The molecule has 7 rings (SSSR count). The van der Waals surface area contributed by atoms with E-state index in [-0.39, 0.29) is 54.3 Å². The Hall–Kier alpha value is -5.97. The van der Waals surface area contributed by atoms with Crippen molar-refractivity contribution in [1.29, 1.82) is 0 Å². The molecule has 4 bridgehead atoms. The number of methoxy groups -OCH3 is 2. The number of halogens is 1. The van der Waals surface area contributed by atoms with Gasteiger partial charge in [-0.2, -0.15) is 5.10 Å². The van der Waals surface area contributed by atoms with E-state index in [0.717, 1.165) is 66.5 Å². The molecule has 22 heteroatoms. The SMILES string of the molecule is C=C(CCCCCN1C(=O)C=CC1=O)Cc1ccc2c(c1)CC/C2=N/NC(=O)CC(C)(C)SSCCC(=O)N(C)[C@@H](C)C(=O)O[C@H]1CC(=O)N(C)c2cc(cc(OC)c2Cl)C/C(C)=C/C=C/[C@@H](OC)[C@@]2(O)C[C@H](OC(=O)N2)[C@@H](C)[C@@H]2O[C@@]12C. The van der Waals surface area contributed by atoms with Crippen LogP contribution in [0.25, 0.3) is 0 Å². The van der Waals surface area contributed by atoms with E-state index in [4.69, 9.17) is 35.3 Å². The molecule has 2 saturated heterocycles. The first-order valence-corrected chi connectivity index (χ1v) is 30.8. The van der Waals surface area contributed by atoms with E-state index in [9.17, 15) is 38.7 Å². The molecule has 6 amide bonds. The minimum absolute atomic E-state index is 0.0784. The number of likely N-dealkylation sites (N-methyl/N-ethyl adjacent to an activating group) is 1. The fraction of sp³-hybridized carbons (Fsp3) is 0.541. The van der Waals surface area contributed by atoms with E-state index in [0.29, 0.717) is 36.6 Å². The normalized spacial score (nSPS) is 26.3. The largest absolute Gasteiger partial charge is 0.495 e. The molecule has 83 heavy (non-hydrogen) atoms. The number of hydrogen-bond acceptors (Lipinski definition) is 16. The van der Waals surface area contributed by atoms with E-state index < -0.39 is 70.4 Å². The highest BCUT2D eigenvalue weighted by Crippen LogP contribution is 2.49. The van der Waals surface area contributed by atoms with Crippen LogP contribution in [0.1, 0.15) is 122 Å². The zero-order chi connectivity index (χ0) is 60.6. The molecular weight excluding hydrogens is 1120 g/mol. The summed E-state index contributed by atoms with van der Waals surface area (Å²) >= 11 is 6.85. The van der Waals surface area contributed by atoms with E-state index >= 15 is 0 Å². The van der Waals surface area contributed by atoms with E-state index in [2.05, 4.69) is 40.6 Å². The van der Waals surface area contributed by atoms with Gasteiger partial charge in [0.2, 0.25) is 17.7 Å². The van der Waals surface area contributed by atoms with E-state index in [1.807, 2.05) is 26.8 Å². The predicted octanol–water partition coefficient (Wildman–Crippen LogP) is 8.51. The second-order valence-electron chi connectivity index (χ2n) is 23.0. The number of anilines is 1. The molecule has 19 nitrogen and oxygen atoms in total. The molecule has 2 aromatic rings. The predicted molar refractivity (Wildman–Crippen MR) is 321 cm³/mol. The number of carbonyl (C=O) groups is 7. The summed E-state index contributed by atoms with van der Waals surface area (Å²) < 4.78 is 29.1. The first-order chi connectivity index (χ1) is 39.3. The third-order valence-electron chi connectivity index (χ3n) is 16.0. The zero-order valence-electron chi connectivity index (χ0n) is 49.2. The van der Waals surface area contributed by atoms with E-state index in [1.165, 1.54) is 80.8 Å². The summed E-state index contributed by atoms with van der Waals surface area (Å²) in [6, 6.07) is 8.81. The van der Waals surface area contributed by atoms with Crippen LogP contribution in [0, 0.1) is 5.92 Å². The maximum Gasteiger partial charge on any atom is 0.409 e. The molecule has 450 valence electrons. The van der Waals surface area contributed by atoms with Crippen LogP contribution >= 0.6 is 33.2 Å². The summed E-state index contributed by atoms with van der Waals surface area (Å²) in [6.45, 7) is 15.6. The molecule has 3 N–H and O–H groups in total. The minimum atomic E-state index is -1.87. The number of fused-ring (bicyclic) bond motifs is 6. The Kier molecular flexibility index (Phi) is 21.7.